The average molecular weight is 306 g/mol. The lowest BCUT2D eigenvalue weighted by atomic mass is 9.89. The molecule has 0 aliphatic rings. The van der Waals surface area contributed by atoms with Crippen molar-refractivity contribution in [1.82, 2.24) is 5.32 Å². The number of nitrogens with one attached hydrogen (secondary N) is 1. The molecule has 0 aromatic heterocycles. The Bertz CT molecular complexity index is 571. The van der Waals surface area contributed by atoms with Crippen molar-refractivity contribution in [3.05, 3.63) is 70.5 Å². The second-order valence-electron chi connectivity index (χ2n) is 5.30. The van der Waals surface area contributed by atoms with Gasteiger partial charge in [0, 0.05) is 11.1 Å². The minimum absolute atomic E-state index is 0.172. The van der Waals surface area contributed by atoms with Gasteiger partial charge in [0.25, 0.3) is 0 Å². The number of halogens is 2. The van der Waals surface area contributed by atoms with Crippen molar-refractivity contribution >= 4 is 11.6 Å². The van der Waals surface area contributed by atoms with E-state index in [1.807, 2.05) is 18.2 Å². The Labute approximate surface area is 131 Å². The Hall–Kier alpha value is -1.38. The van der Waals surface area contributed by atoms with Crippen molar-refractivity contribution in [1.29, 1.82) is 0 Å². The SMILES string of the molecule is CCNC(Cc1cc(Cl)ccc1F)C(C)c1ccccc1. The van der Waals surface area contributed by atoms with Crippen LogP contribution in [0.2, 0.25) is 5.02 Å². The van der Waals surface area contributed by atoms with Crippen LogP contribution in [-0.4, -0.2) is 12.6 Å². The summed E-state index contributed by atoms with van der Waals surface area (Å²) < 4.78 is 13.9. The minimum atomic E-state index is -0.192. The van der Waals surface area contributed by atoms with E-state index in [0.29, 0.717) is 22.9 Å². The molecule has 21 heavy (non-hydrogen) atoms. The Morgan fingerprint density at radius 2 is 1.86 bits per heavy atom. The van der Waals surface area contributed by atoms with Crippen molar-refractivity contribution in [2.24, 2.45) is 0 Å². The van der Waals surface area contributed by atoms with E-state index in [4.69, 9.17) is 11.6 Å². The fourth-order valence-electron chi connectivity index (χ4n) is 2.61. The zero-order valence-electron chi connectivity index (χ0n) is 12.4. The molecule has 0 amide bonds. The quantitative estimate of drug-likeness (QED) is 0.808. The van der Waals surface area contributed by atoms with Gasteiger partial charge < -0.3 is 5.32 Å². The Morgan fingerprint density at radius 1 is 1.14 bits per heavy atom. The monoisotopic (exact) mass is 305 g/mol. The van der Waals surface area contributed by atoms with Crippen LogP contribution in [0.15, 0.2) is 48.5 Å². The first-order chi connectivity index (χ1) is 10.1. The predicted octanol–water partition coefficient (Wildman–Crippen LogP) is 4.80. The molecule has 2 unspecified atom stereocenters. The molecule has 0 fully saturated rings. The van der Waals surface area contributed by atoms with Gasteiger partial charge in [-0.05, 0) is 48.2 Å². The highest BCUT2D eigenvalue weighted by Crippen LogP contribution is 2.24. The normalized spacial score (nSPS) is 13.9. The van der Waals surface area contributed by atoms with Crippen LogP contribution in [-0.2, 0) is 6.42 Å². The first-order valence-corrected chi connectivity index (χ1v) is 7.72. The van der Waals surface area contributed by atoms with Gasteiger partial charge in [0.1, 0.15) is 5.82 Å². The van der Waals surface area contributed by atoms with E-state index >= 15 is 0 Å². The van der Waals surface area contributed by atoms with Crippen molar-refractivity contribution in [2.45, 2.75) is 32.2 Å². The molecule has 0 aliphatic heterocycles. The summed E-state index contributed by atoms with van der Waals surface area (Å²) in [5.41, 5.74) is 1.92. The third kappa shape index (κ3) is 4.29. The third-order valence-corrected chi connectivity index (χ3v) is 4.08. The Morgan fingerprint density at radius 3 is 2.52 bits per heavy atom. The smallest absolute Gasteiger partial charge is 0.126 e. The lowest BCUT2D eigenvalue weighted by molar-refractivity contribution is 0.450. The molecule has 0 spiro atoms. The number of benzene rings is 2. The molecule has 1 nitrogen and oxygen atoms in total. The van der Waals surface area contributed by atoms with Gasteiger partial charge >= 0.3 is 0 Å². The maximum atomic E-state index is 13.9. The van der Waals surface area contributed by atoms with E-state index in [1.165, 1.54) is 11.6 Å². The van der Waals surface area contributed by atoms with Crippen LogP contribution in [0.25, 0.3) is 0 Å². The zero-order chi connectivity index (χ0) is 15.2. The van der Waals surface area contributed by atoms with Gasteiger partial charge in [-0.1, -0.05) is 55.8 Å². The van der Waals surface area contributed by atoms with Crippen LogP contribution < -0.4 is 5.32 Å². The summed E-state index contributed by atoms with van der Waals surface area (Å²) in [7, 11) is 0. The fourth-order valence-corrected chi connectivity index (χ4v) is 2.81. The molecule has 0 heterocycles. The van der Waals surface area contributed by atoms with Gasteiger partial charge in [-0.15, -0.1) is 0 Å². The van der Waals surface area contributed by atoms with E-state index < -0.39 is 0 Å². The fraction of sp³-hybridized carbons (Fsp3) is 0.333. The summed E-state index contributed by atoms with van der Waals surface area (Å²) in [6.07, 6.45) is 0.621. The molecular formula is C18H21ClFN. The van der Waals surface area contributed by atoms with Crippen molar-refractivity contribution in [3.63, 3.8) is 0 Å². The van der Waals surface area contributed by atoms with Gasteiger partial charge in [-0.3, -0.25) is 0 Å². The van der Waals surface area contributed by atoms with Crippen LogP contribution in [0.4, 0.5) is 4.39 Å². The van der Waals surface area contributed by atoms with Gasteiger partial charge in [0.15, 0.2) is 0 Å². The zero-order valence-corrected chi connectivity index (χ0v) is 13.2. The highest BCUT2D eigenvalue weighted by Gasteiger charge is 2.20. The summed E-state index contributed by atoms with van der Waals surface area (Å²) in [4.78, 5) is 0. The molecule has 2 atom stereocenters. The molecule has 112 valence electrons. The molecule has 0 radical (unpaired) electrons. The summed E-state index contributed by atoms with van der Waals surface area (Å²) >= 11 is 5.99. The molecule has 0 saturated heterocycles. The lowest BCUT2D eigenvalue weighted by Gasteiger charge is -2.25. The van der Waals surface area contributed by atoms with Crippen molar-refractivity contribution < 1.29 is 4.39 Å². The van der Waals surface area contributed by atoms with Crippen LogP contribution in [0.5, 0.6) is 0 Å². The third-order valence-electron chi connectivity index (χ3n) is 3.84. The van der Waals surface area contributed by atoms with Crippen LogP contribution >= 0.6 is 11.6 Å². The molecule has 0 saturated carbocycles. The summed E-state index contributed by atoms with van der Waals surface area (Å²) in [5, 5.41) is 4.04. The molecule has 2 rings (SSSR count). The Kier molecular flexibility index (Phi) is 5.77. The standard InChI is InChI=1S/C18H21ClFN/c1-3-21-18(13(2)14-7-5-4-6-8-14)12-15-11-16(19)9-10-17(15)20/h4-11,13,18,21H,3,12H2,1-2H3. The number of hydrogen-bond acceptors (Lipinski definition) is 1. The molecule has 2 aromatic carbocycles. The van der Waals surface area contributed by atoms with Gasteiger partial charge in [-0.2, -0.15) is 0 Å². The number of rotatable bonds is 6. The topological polar surface area (TPSA) is 12.0 Å². The van der Waals surface area contributed by atoms with E-state index in [9.17, 15) is 4.39 Å². The van der Waals surface area contributed by atoms with E-state index in [1.54, 1.807) is 12.1 Å². The molecule has 0 aliphatic carbocycles. The average Bonchev–Trinajstić information content (AvgIpc) is 2.50. The van der Waals surface area contributed by atoms with Crippen LogP contribution in [0.1, 0.15) is 30.9 Å². The molecule has 1 N–H and O–H groups in total. The highest BCUT2D eigenvalue weighted by molar-refractivity contribution is 6.30. The highest BCUT2D eigenvalue weighted by atomic mass is 35.5. The summed E-state index contributed by atoms with van der Waals surface area (Å²) in [6.45, 7) is 5.09. The molecular weight excluding hydrogens is 285 g/mol. The number of likely N-dealkylation sites (N-methyl/N-ethyl adjacent to an activating group) is 1. The van der Waals surface area contributed by atoms with Crippen LogP contribution in [0, 0.1) is 5.82 Å². The maximum Gasteiger partial charge on any atom is 0.126 e. The number of hydrogen-bond donors (Lipinski definition) is 1. The molecule has 0 bridgehead atoms. The van der Waals surface area contributed by atoms with Crippen molar-refractivity contribution in [3.8, 4) is 0 Å². The second kappa shape index (κ2) is 7.58. The Balaban J connectivity index is 2.21. The van der Waals surface area contributed by atoms with Crippen LogP contribution in [0.3, 0.4) is 0 Å². The second-order valence-corrected chi connectivity index (χ2v) is 5.74. The first kappa shape index (κ1) is 16.0. The van der Waals surface area contributed by atoms with E-state index in [0.717, 1.165) is 6.54 Å². The summed E-state index contributed by atoms with van der Waals surface area (Å²) in [6, 6.07) is 15.2. The lowest BCUT2D eigenvalue weighted by Crippen LogP contribution is -2.36. The first-order valence-electron chi connectivity index (χ1n) is 7.34. The predicted molar refractivity (Wildman–Crippen MR) is 87.4 cm³/mol. The van der Waals surface area contributed by atoms with E-state index in [-0.39, 0.29) is 11.9 Å². The molecule has 2 aromatic rings. The van der Waals surface area contributed by atoms with Gasteiger partial charge in [0.05, 0.1) is 0 Å². The van der Waals surface area contributed by atoms with Gasteiger partial charge in [0.2, 0.25) is 0 Å². The van der Waals surface area contributed by atoms with E-state index in [2.05, 4.69) is 31.3 Å². The van der Waals surface area contributed by atoms with Gasteiger partial charge in [-0.25, -0.2) is 4.39 Å². The maximum absolute atomic E-state index is 13.9. The summed E-state index contributed by atoms with van der Waals surface area (Å²) in [5.74, 6) is 0.104. The van der Waals surface area contributed by atoms with Crippen molar-refractivity contribution in [2.75, 3.05) is 6.54 Å². The minimum Gasteiger partial charge on any atom is -0.313 e. The largest absolute Gasteiger partial charge is 0.313 e. The molecule has 3 heteroatoms.